The first-order valence-electron chi connectivity index (χ1n) is 7.51. The third-order valence-corrected chi connectivity index (χ3v) is 3.82. The van der Waals surface area contributed by atoms with Crippen LogP contribution in [-0.2, 0) is 17.5 Å². The van der Waals surface area contributed by atoms with Gasteiger partial charge in [0, 0.05) is 18.8 Å². The molecule has 10 heteroatoms. The van der Waals surface area contributed by atoms with Crippen LogP contribution in [-0.4, -0.2) is 39.4 Å². The molecule has 1 aromatic carbocycles. The first-order valence-corrected chi connectivity index (χ1v) is 7.51. The fourth-order valence-electron chi connectivity index (χ4n) is 2.67. The van der Waals surface area contributed by atoms with Gasteiger partial charge >= 0.3 is 6.18 Å². The lowest BCUT2D eigenvalue weighted by atomic mass is 10.2. The number of halogens is 3. The quantitative estimate of drug-likeness (QED) is 0.901. The summed E-state index contributed by atoms with van der Waals surface area (Å²) in [5.41, 5.74) is 0.547. The number of nitrogens with zero attached hydrogens (tertiary/aromatic N) is 4. The summed E-state index contributed by atoms with van der Waals surface area (Å²) in [6.07, 6.45) is -3.78. The highest BCUT2D eigenvalue weighted by atomic mass is 19.4. The lowest BCUT2D eigenvalue weighted by Gasteiger charge is -2.28. The van der Waals surface area contributed by atoms with Crippen molar-refractivity contribution in [3.05, 3.63) is 47.5 Å². The summed E-state index contributed by atoms with van der Waals surface area (Å²) in [7, 11) is 0. The summed E-state index contributed by atoms with van der Waals surface area (Å²) in [5, 5.41) is 11.4. The number of imidazole rings is 1. The maximum atomic E-state index is 12.9. The van der Waals surface area contributed by atoms with Crippen molar-refractivity contribution in [1.29, 1.82) is 5.26 Å². The highest BCUT2D eigenvalue weighted by Crippen LogP contribution is 2.30. The second kappa shape index (κ2) is 6.51. The average molecular weight is 363 g/mol. The van der Waals surface area contributed by atoms with Gasteiger partial charge in [-0.15, -0.1) is 0 Å². The first-order chi connectivity index (χ1) is 12.3. The Morgan fingerprint density at radius 3 is 2.81 bits per heavy atom. The number of hydrogen-bond donors (Lipinski definition) is 1. The molecule has 0 saturated carbocycles. The molecular weight excluding hydrogens is 351 g/mol. The van der Waals surface area contributed by atoms with Gasteiger partial charge in [0.05, 0.1) is 17.8 Å². The van der Waals surface area contributed by atoms with Gasteiger partial charge in [0.2, 0.25) is 11.7 Å². The van der Waals surface area contributed by atoms with Crippen LogP contribution in [0.5, 0.6) is 0 Å². The van der Waals surface area contributed by atoms with Crippen LogP contribution in [0.25, 0.3) is 0 Å². The topological polar surface area (TPSA) is 91.0 Å². The van der Waals surface area contributed by atoms with Gasteiger partial charge in [-0.2, -0.15) is 18.4 Å². The molecule has 134 valence electrons. The van der Waals surface area contributed by atoms with Gasteiger partial charge in [0.25, 0.3) is 5.91 Å². The molecular formula is C16H12F3N5O2. The normalized spacial score (nSPS) is 13.9. The van der Waals surface area contributed by atoms with Crippen molar-refractivity contribution in [3.8, 4) is 6.07 Å². The summed E-state index contributed by atoms with van der Waals surface area (Å²) in [4.78, 5) is 28.9. The van der Waals surface area contributed by atoms with E-state index in [0.29, 0.717) is 11.3 Å². The zero-order chi connectivity index (χ0) is 18.9. The number of alkyl halides is 3. The maximum absolute atomic E-state index is 12.9. The Labute approximate surface area is 145 Å². The van der Waals surface area contributed by atoms with Gasteiger partial charge in [0.15, 0.2) is 0 Å². The van der Waals surface area contributed by atoms with Crippen LogP contribution >= 0.6 is 0 Å². The standard InChI is InChI=1S/C16H12F3N5O2/c17-16(18,19)15-21-8-12-14(26)23(4-5-24(12)15)9-13(25)22-11-3-1-2-10(6-11)7-20/h1-3,6,8H,4-5,9H2,(H,22,25). The van der Waals surface area contributed by atoms with Gasteiger partial charge in [-0.1, -0.05) is 6.07 Å². The molecule has 0 fully saturated rings. The molecule has 1 aromatic heterocycles. The zero-order valence-electron chi connectivity index (χ0n) is 13.2. The second-order valence-corrected chi connectivity index (χ2v) is 5.58. The summed E-state index contributed by atoms with van der Waals surface area (Å²) < 4.78 is 39.4. The van der Waals surface area contributed by atoms with Gasteiger partial charge < -0.3 is 14.8 Å². The number of benzene rings is 1. The molecule has 0 unspecified atom stereocenters. The predicted octanol–water partition coefficient (Wildman–Crippen LogP) is 1.87. The molecule has 0 spiro atoms. The fourth-order valence-corrected chi connectivity index (χ4v) is 2.67. The van der Waals surface area contributed by atoms with Crippen LogP contribution in [0.3, 0.4) is 0 Å². The van der Waals surface area contributed by atoms with Crippen LogP contribution < -0.4 is 5.32 Å². The minimum atomic E-state index is -4.65. The minimum Gasteiger partial charge on any atom is -0.326 e. The van der Waals surface area contributed by atoms with E-state index in [9.17, 15) is 22.8 Å². The van der Waals surface area contributed by atoms with E-state index in [1.54, 1.807) is 18.2 Å². The van der Waals surface area contributed by atoms with Gasteiger partial charge in [0.1, 0.15) is 12.2 Å². The van der Waals surface area contributed by atoms with Crippen molar-refractivity contribution in [2.75, 3.05) is 18.4 Å². The number of rotatable bonds is 3. The third kappa shape index (κ3) is 3.37. The predicted molar refractivity (Wildman–Crippen MR) is 82.9 cm³/mol. The van der Waals surface area contributed by atoms with Crippen molar-refractivity contribution in [2.24, 2.45) is 0 Å². The number of nitriles is 1. The van der Waals surface area contributed by atoms with Crippen molar-refractivity contribution in [1.82, 2.24) is 14.5 Å². The smallest absolute Gasteiger partial charge is 0.326 e. The molecule has 0 radical (unpaired) electrons. The number of amides is 2. The Balaban J connectivity index is 1.70. The number of anilines is 1. The monoisotopic (exact) mass is 363 g/mol. The largest absolute Gasteiger partial charge is 0.449 e. The molecule has 3 rings (SSSR count). The number of carbonyl (C=O) groups is 2. The Hall–Kier alpha value is -3.35. The summed E-state index contributed by atoms with van der Waals surface area (Å²) in [6, 6.07) is 8.16. The van der Waals surface area contributed by atoms with Crippen molar-refractivity contribution in [3.63, 3.8) is 0 Å². The van der Waals surface area contributed by atoms with Crippen LogP contribution in [0.2, 0.25) is 0 Å². The molecule has 0 bridgehead atoms. The van der Waals surface area contributed by atoms with E-state index in [2.05, 4.69) is 10.3 Å². The second-order valence-electron chi connectivity index (χ2n) is 5.58. The van der Waals surface area contributed by atoms with Crippen LogP contribution in [0.1, 0.15) is 21.9 Å². The lowest BCUT2D eigenvalue weighted by Crippen LogP contribution is -2.44. The third-order valence-electron chi connectivity index (χ3n) is 3.82. The van der Waals surface area contributed by atoms with Crippen molar-refractivity contribution < 1.29 is 22.8 Å². The number of hydrogen-bond acceptors (Lipinski definition) is 4. The molecule has 0 aliphatic carbocycles. The van der Waals surface area contributed by atoms with E-state index >= 15 is 0 Å². The first kappa shape index (κ1) is 17.5. The Morgan fingerprint density at radius 2 is 2.12 bits per heavy atom. The van der Waals surface area contributed by atoms with Crippen molar-refractivity contribution >= 4 is 17.5 Å². The summed E-state index contributed by atoms with van der Waals surface area (Å²) in [6.45, 7) is -0.466. The van der Waals surface area contributed by atoms with Crippen molar-refractivity contribution in [2.45, 2.75) is 12.7 Å². The SMILES string of the molecule is N#Cc1cccc(NC(=O)CN2CCn3c(cnc3C(F)(F)F)C2=O)c1. The molecule has 0 atom stereocenters. The number of fused-ring (bicyclic) bond motifs is 1. The van der Waals surface area contributed by atoms with Gasteiger partial charge in [-0.25, -0.2) is 4.98 Å². The number of nitrogens with one attached hydrogen (secondary N) is 1. The summed E-state index contributed by atoms with van der Waals surface area (Å²) in [5.74, 6) is -2.34. The molecule has 7 nitrogen and oxygen atoms in total. The van der Waals surface area contributed by atoms with Crippen LogP contribution in [0.4, 0.5) is 18.9 Å². The Kier molecular flexibility index (Phi) is 4.38. The maximum Gasteiger partial charge on any atom is 0.449 e. The molecule has 1 N–H and O–H groups in total. The van der Waals surface area contributed by atoms with E-state index in [0.717, 1.165) is 15.7 Å². The fraction of sp³-hybridized carbons (Fsp3) is 0.250. The molecule has 2 amide bonds. The lowest BCUT2D eigenvalue weighted by molar-refractivity contribution is -0.147. The number of aromatic nitrogens is 2. The van der Waals surface area contributed by atoms with E-state index in [-0.39, 0.29) is 25.3 Å². The highest BCUT2D eigenvalue weighted by molar-refractivity contribution is 5.99. The van der Waals surface area contributed by atoms with Crippen LogP contribution in [0.15, 0.2) is 30.5 Å². The number of carbonyl (C=O) groups excluding carboxylic acids is 2. The Bertz CT molecular complexity index is 913. The molecule has 26 heavy (non-hydrogen) atoms. The minimum absolute atomic E-state index is 0.0447. The average Bonchev–Trinajstić information content (AvgIpc) is 3.02. The van der Waals surface area contributed by atoms with Gasteiger partial charge in [-0.05, 0) is 18.2 Å². The van der Waals surface area contributed by atoms with E-state index in [4.69, 9.17) is 5.26 Å². The molecule has 0 saturated heterocycles. The van der Waals surface area contributed by atoms with E-state index < -0.39 is 23.8 Å². The molecule has 2 aromatic rings. The van der Waals surface area contributed by atoms with E-state index in [1.165, 1.54) is 6.07 Å². The van der Waals surface area contributed by atoms with Gasteiger partial charge in [-0.3, -0.25) is 9.59 Å². The van der Waals surface area contributed by atoms with Crippen LogP contribution in [0, 0.1) is 11.3 Å². The highest BCUT2D eigenvalue weighted by Gasteiger charge is 2.40. The summed E-state index contributed by atoms with van der Waals surface area (Å²) >= 11 is 0. The molecule has 1 aliphatic rings. The Morgan fingerprint density at radius 1 is 1.35 bits per heavy atom. The zero-order valence-corrected chi connectivity index (χ0v) is 13.2. The molecule has 2 heterocycles. The van der Waals surface area contributed by atoms with E-state index in [1.807, 2.05) is 6.07 Å². The molecule has 1 aliphatic heterocycles.